The molecule has 35 heavy (non-hydrogen) atoms. The van der Waals surface area contributed by atoms with Gasteiger partial charge in [-0.1, -0.05) is 54.1 Å². The minimum Gasteiger partial charge on any atom is -0.507 e. The Labute approximate surface area is 209 Å². The normalized spacial score (nSPS) is 17.0. The molecule has 7 heteroatoms. The standard InChI is InChI=1S/C28H26ClNO5/c1-4-35-20-12-10-18(11-13-20)16-30-24(19-8-6-5-7-9-19)23(26(32)28(30)33)25(31)21-14-17(2)15-22(29)27(21)34-3/h5-15,24,31H,4,16H2,1-3H3/b25-23+. The van der Waals surface area contributed by atoms with E-state index in [1.807, 2.05) is 68.4 Å². The zero-order chi connectivity index (χ0) is 25.1. The number of aliphatic hydroxyl groups excluding tert-OH is 1. The van der Waals surface area contributed by atoms with Crippen LogP contribution in [0, 0.1) is 6.92 Å². The van der Waals surface area contributed by atoms with Crippen LogP contribution in [-0.4, -0.2) is 35.4 Å². The lowest BCUT2D eigenvalue weighted by Crippen LogP contribution is -2.29. The molecule has 180 valence electrons. The van der Waals surface area contributed by atoms with Gasteiger partial charge in [-0.15, -0.1) is 0 Å². The van der Waals surface area contributed by atoms with Crippen molar-refractivity contribution < 1.29 is 24.2 Å². The summed E-state index contributed by atoms with van der Waals surface area (Å²) in [6.45, 7) is 4.46. The maximum atomic E-state index is 13.3. The summed E-state index contributed by atoms with van der Waals surface area (Å²) in [5.41, 5.74) is 2.56. The monoisotopic (exact) mass is 491 g/mol. The van der Waals surface area contributed by atoms with Crippen molar-refractivity contribution in [2.75, 3.05) is 13.7 Å². The van der Waals surface area contributed by atoms with E-state index in [2.05, 4.69) is 0 Å². The maximum absolute atomic E-state index is 13.3. The summed E-state index contributed by atoms with van der Waals surface area (Å²) in [4.78, 5) is 28.0. The predicted octanol–water partition coefficient (Wildman–Crippen LogP) is 5.68. The Kier molecular flexibility index (Phi) is 7.12. The number of aliphatic hydroxyl groups is 1. The number of likely N-dealkylation sites (tertiary alicyclic amines) is 1. The van der Waals surface area contributed by atoms with Gasteiger partial charge in [0.1, 0.15) is 17.3 Å². The van der Waals surface area contributed by atoms with Crippen LogP contribution in [0.25, 0.3) is 5.76 Å². The molecule has 0 spiro atoms. The average Bonchev–Trinajstić information content (AvgIpc) is 3.10. The summed E-state index contributed by atoms with van der Waals surface area (Å²) in [5.74, 6) is -0.816. The van der Waals surface area contributed by atoms with Crippen LogP contribution in [0.15, 0.2) is 72.3 Å². The SMILES string of the molecule is CCOc1ccc(CN2C(=O)C(=O)/C(=C(/O)c3cc(C)cc(Cl)c3OC)C2c2ccccc2)cc1. The number of carbonyl (C=O) groups excluding carboxylic acids is 2. The highest BCUT2D eigenvalue weighted by atomic mass is 35.5. The molecular formula is C28H26ClNO5. The van der Waals surface area contributed by atoms with Crippen LogP contribution in [0.5, 0.6) is 11.5 Å². The molecule has 1 aliphatic rings. The number of hydrogen-bond donors (Lipinski definition) is 1. The van der Waals surface area contributed by atoms with E-state index in [4.69, 9.17) is 21.1 Å². The fourth-order valence-corrected chi connectivity index (χ4v) is 4.69. The molecule has 0 aliphatic carbocycles. The van der Waals surface area contributed by atoms with Crippen LogP contribution in [0.4, 0.5) is 0 Å². The highest BCUT2D eigenvalue weighted by Crippen LogP contribution is 2.43. The number of halogens is 1. The number of aryl methyl sites for hydroxylation is 1. The molecule has 1 unspecified atom stereocenters. The molecule has 6 nitrogen and oxygen atoms in total. The van der Waals surface area contributed by atoms with Crippen LogP contribution in [-0.2, 0) is 16.1 Å². The van der Waals surface area contributed by atoms with E-state index in [1.165, 1.54) is 12.0 Å². The van der Waals surface area contributed by atoms with Crippen molar-refractivity contribution in [2.45, 2.75) is 26.4 Å². The van der Waals surface area contributed by atoms with Gasteiger partial charge >= 0.3 is 0 Å². The van der Waals surface area contributed by atoms with Crippen molar-refractivity contribution in [3.8, 4) is 11.5 Å². The molecular weight excluding hydrogens is 466 g/mol. The average molecular weight is 492 g/mol. The second-order valence-electron chi connectivity index (χ2n) is 8.24. The van der Waals surface area contributed by atoms with Crippen LogP contribution in [0.1, 0.15) is 35.2 Å². The van der Waals surface area contributed by atoms with Crippen molar-refractivity contribution in [3.05, 3.63) is 99.6 Å². The molecule has 0 bridgehead atoms. The summed E-state index contributed by atoms with van der Waals surface area (Å²) in [7, 11) is 1.44. The molecule has 0 aromatic heterocycles. The van der Waals surface area contributed by atoms with E-state index >= 15 is 0 Å². The van der Waals surface area contributed by atoms with Gasteiger partial charge in [-0.25, -0.2) is 0 Å². The minimum absolute atomic E-state index is 0.00731. The van der Waals surface area contributed by atoms with Crippen molar-refractivity contribution in [1.82, 2.24) is 4.90 Å². The van der Waals surface area contributed by atoms with Gasteiger partial charge in [0.15, 0.2) is 0 Å². The first-order chi connectivity index (χ1) is 16.8. The van der Waals surface area contributed by atoms with E-state index in [9.17, 15) is 14.7 Å². The number of rotatable bonds is 7. The lowest BCUT2D eigenvalue weighted by Gasteiger charge is -2.25. The van der Waals surface area contributed by atoms with Gasteiger partial charge in [-0.3, -0.25) is 9.59 Å². The first kappa shape index (κ1) is 24.4. The third kappa shape index (κ3) is 4.75. The van der Waals surface area contributed by atoms with Gasteiger partial charge in [0, 0.05) is 6.54 Å². The Morgan fingerprint density at radius 3 is 2.37 bits per heavy atom. The zero-order valence-electron chi connectivity index (χ0n) is 19.7. The summed E-state index contributed by atoms with van der Waals surface area (Å²) in [6, 6.07) is 19.1. The predicted molar refractivity (Wildman–Crippen MR) is 135 cm³/mol. The van der Waals surface area contributed by atoms with Crippen LogP contribution < -0.4 is 9.47 Å². The van der Waals surface area contributed by atoms with Crippen LogP contribution in [0.2, 0.25) is 5.02 Å². The van der Waals surface area contributed by atoms with E-state index in [-0.39, 0.29) is 29.2 Å². The van der Waals surface area contributed by atoms with Gasteiger partial charge in [0.2, 0.25) is 0 Å². The summed E-state index contributed by atoms with van der Waals surface area (Å²) in [6.07, 6.45) is 0. The first-order valence-corrected chi connectivity index (χ1v) is 11.6. The number of benzene rings is 3. The van der Waals surface area contributed by atoms with Crippen molar-refractivity contribution in [3.63, 3.8) is 0 Å². The first-order valence-electron chi connectivity index (χ1n) is 11.2. The largest absolute Gasteiger partial charge is 0.507 e. The van der Waals surface area contributed by atoms with E-state index in [0.29, 0.717) is 17.2 Å². The third-order valence-electron chi connectivity index (χ3n) is 5.89. The smallest absolute Gasteiger partial charge is 0.295 e. The summed E-state index contributed by atoms with van der Waals surface area (Å²) >= 11 is 6.34. The zero-order valence-corrected chi connectivity index (χ0v) is 20.5. The number of Topliss-reactive ketones (excluding diaryl/α,β-unsaturated/α-hetero) is 1. The molecule has 3 aromatic carbocycles. The second kappa shape index (κ2) is 10.2. The number of carbonyl (C=O) groups is 2. The molecule has 1 N–H and O–H groups in total. The number of ether oxygens (including phenoxy) is 2. The molecule has 3 aromatic rings. The van der Waals surface area contributed by atoms with Gasteiger partial charge in [0.05, 0.1) is 35.9 Å². The number of methoxy groups -OCH3 is 1. The summed E-state index contributed by atoms with van der Waals surface area (Å²) in [5, 5.41) is 11.7. The fourth-order valence-electron chi connectivity index (χ4n) is 4.34. The topological polar surface area (TPSA) is 76.1 Å². The van der Waals surface area contributed by atoms with Gasteiger partial charge in [-0.05, 0) is 54.8 Å². The molecule has 1 saturated heterocycles. The second-order valence-corrected chi connectivity index (χ2v) is 8.65. The van der Waals surface area contributed by atoms with Crippen LogP contribution in [0.3, 0.4) is 0 Å². The lowest BCUT2D eigenvalue weighted by molar-refractivity contribution is -0.140. The Morgan fingerprint density at radius 2 is 1.74 bits per heavy atom. The molecule has 0 saturated carbocycles. The molecule has 4 rings (SSSR count). The van der Waals surface area contributed by atoms with Crippen molar-refractivity contribution in [2.24, 2.45) is 0 Å². The Bertz CT molecular complexity index is 1280. The van der Waals surface area contributed by atoms with E-state index < -0.39 is 17.7 Å². The Balaban J connectivity index is 1.85. The van der Waals surface area contributed by atoms with Crippen LogP contribution >= 0.6 is 11.6 Å². The number of hydrogen-bond acceptors (Lipinski definition) is 5. The molecule has 1 heterocycles. The van der Waals surface area contributed by atoms with E-state index in [1.54, 1.807) is 12.1 Å². The molecule has 1 amide bonds. The Hall–Kier alpha value is -3.77. The summed E-state index contributed by atoms with van der Waals surface area (Å²) < 4.78 is 10.9. The van der Waals surface area contributed by atoms with Crippen molar-refractivity contribution in [1.29, 1.82) is 0 Å². The van der Waals surface area contributed by atoms with Gasteiger partial charge in [0.25, 0.3) is 11.7 Å². The van der Waals surface area contributed by atoms with Crippen molar-refractivity contribution >= 4 is 29.1 Å². The van der Waals surface area contributed by atoms with E-state index in [0.717, 1.165) is 16.9 Å². The quantitative estimate of drug-likeness (QED) is 0.261. The molecule has 0 radical (unpaired) electrons. The Morgan fingerprint density at radius 1 is 1.06 bits per heavy atom. The molecule has 1 aliphatic heterocycles. The maximum Gasteiger partial charge on any atom is 0.295 e. The number of ketones is 1. The highest BCUT2D eigenvalue weighted by Gasteiger charge is 2.46. The molecule has 1 atom stereocenters. The van der Waals surface area contributed by atoms with Gasteiger partial charge in [-0.2, -0.15) is 0 Å². The minimum atomic E-state index is -0.785. The number of amides is 1. The molecule has 1 fully saturated rings. The lowest BCUT2D eigenvalue weighted by atomic mass is 9.94. The number of nitrogens with zero attached hydrogens (tertiary/aromatic N) is 1. The third-order valence-corrected chi connectivity index (χ3v) is 6.17. The highest BCUT2D eigenvalue weighted by molar-refractivity contribution is 6.46. The van der Waals surface area contributed by atoms with Gasteiger partial charge < -0.3 is 19.5 Å². The fraction of sp³-hybridized carbons (Fsp3) is 0.214.